The van der Waals surface area contributed by atoms with Crippen LogP contribution < -0.4 is 16.2 Å². The normalized spacial score (nSPS) is 19.4. The number of benzene rings is 1. The monoisotopic (exact) mass is 366 g/mol. The van der Waals surface area contributed by atoms with Crippen LogP contribution >= 0.6 is 0 Å². The maximum atomic E-state index is 12.7. The smallest absolute Gasteiger partial charge is 0.242 e. The van der Waals surface area contributed by atoms with Crippen molar-refractivity contribution in [2.45, 2.75) is 32.4 Å². The molecule has 0 saturated carbocycles. The number of aromatic amines is 1. The Bertz CT molecular complexity index is 962. The quantitative estimate of drug-likeness (QED) is 0.555. The maximum Gasteiger partial charge on any atom is 0.242 e. The number of hydrogen-bond acceptors (Lipinski definition) is 6. The Hall–Kier alpha value is -3.04. The molecule has 1 amide bonds. The molecule has 1 saturated heterocycles. The van der Waals surface area contributed by atoms with Crippen molar-refractivity contribution in [2.24, 2.45) is 7.05 Å². The van der Waals surface area contributed by atoms with Gasteiger partial charge >= 0.3 is 0 Å². The van der Waals surface area contributed by atoms with E-state index in [1.54, 1.807) is 0 Å². The van der Waals surface area contributed by atoms with Gasteiger partial charge in [-0.15, -0.1) is 0 Å². The third-order valence-corrected chi connectivity index (χ3v) is 4.95. The first-order valence-corrected chi connectivity index (χ1v) is 8.80. The highest BCUT2D eigenvalue weighted by Crippen LogP contribution is 2.28. The molecule has 1 aromatic carbocycles. The van der Waals surface area contributed by atoms with Crippen LogP contribution in [0.2, 0.25) is 0 Å². The molecule has 1 aliphatic rings. The Balaban J connectivity index is 1.45. The molecule has 9 heteroatoms. The summed E-state index contributed by atoms with van der Waals surface area (Å²) in [4.78, 5) is 16.8. The summed E-state index contributed by atoms with van der Waals surface area (Å²) in [6.07, 6.45) is 2.11. The van der Waals surface area contributed by atoms with Gasteiger partial charge in [0.2, 0.25) is 5.91 Å². The minimum atomic E-state index is -0.331. The molecule has 1 fully saturated rings. The van der Waals surface area contributed by atoms with Crippen molar-refractivity contribution in [3.63, 3.8) is 0 Å². The molecule has 4 N–H and O–H groups in total. The number of amides is 1. The summed E-state index contributed by atoms with van der Waals surface area (Å²) in [6, 6.07) is 7.23. The molecule has 2 unspecified atom stereocenters. The largest absolute Gasteiger partial charge is 0.325 e. The number of hydrazine groups is 1. The van der Waals surface area contributed by atoms with Crippen molar-refractivity contribution < 1.29 is 4.79 Å². The fourth-order valence-corrected chi connectivity index (χ4v) is 3.53. The fourth-order valence-electron chi connectivity index (χ4n) is 3.53. The van der Waals surface area contributed by atoms with Crippen molar-refractivity contribution in [1.29, 1.82) is 0 Å². The predicted molar refractivity (Wildman–Crippen MR) is 101 cm³/mol. The van der Waals surface area contributed by atoms with E-state index < -0.39 is 0 Å². The van der Waals surface area contributed by atoms with Crippen LogP contribution in [0.3, 0.4) is 0 Å². The number of rotatable bonds is 4. The van der Waals surface area contributed by atoms with Gasteiger partial charge in [0.05, 0.1) is 11.7 Å². The molecule has 2 aromatic heterocycles. The SMILES string of the molecule is Cc1nn(C)c(C)c1C1CC(C(=O)Nc2cccc(-c3ncn[nH]3)c2)NN1. The summed E-state index contributed by atoms with van der Waals surface area (Å²) in [5, 5.41) is 14.1. The number of aryl methyl sites for hydroxylation is 2. The lowest BCUT2D eigenvalue weighted by molar-refractivity contribution is -0.117. The van der Waals surface area contributed by atoms with E-state index in [0.29, 0.717) is 17.9 Å². The molecule has 9 nitrogen and oxygen atoms in total. The fraction of sp³-hybridized carbons (Fsp3) is 0.333. The molecule has 140 valence electrons. The summed E-state index contributed by atoms with van der Waals surface area (Å²) in [5.41, 5.74) is 11.1. The number of carbonyl (C=O) groups is 1. The molecular weight excluding hydrogens is 344 g/mol. The topological polar surface area (TPSA) is 113 Å². The van der Waals surface area contributed by atoms with Crippen molar-refractivity contribution >= 4 is 11.6 Å². The number of hydrogen-bond donors (Lipinski definition) is 4. The Morgan fingerprint density at radius 2 is 2.15 bits per heavy atom. The Labute approximate surface area is 156 Å². The van der Waals surface area contributed by atoms with E-state index in [0.717, 1.165) is 22.5 Å². The van der Waals surface area contributed by atoms with Gasteiger partial charge in [-0.1, -0.05) is 12.1 Å². The summed E-state index contributed by atoms with van der Waals surface area (Å²) in [5.74, 6) is 0.577. The van der Waals surface area contributed by atoms with E-state index in [1.165, 1.54) is 6.33 Å². The van der Waals surface area contributed by atoms with Gasteiger partial charge in [0.25, 0.3) is 0 Å². The number of carbonyl (C=O) groups excluding carboxylic acids is 1. The standard InChI is InChI=1S/C18H22N8O/c1-10-16(11(2)26(3)25-10)14-8-15(23-22-14)18(27)21-13-6-4-5-12(7-13)17-19-9-20-24-17/h4-7,9,14-15,22-23H,8H2,1-3H3,(H,21,27)(H,19,20,24). The van der Waals surface area contributed by atoms with Crippen molar-refractivity contribution in [3.05, 3.63) is 47.5 Å². The van der Waals surface area contributed by atoms with Gasteiger partial charge in [0.15, 0.2) is 5.82 Å². The summed E-state index contributed by atoms with van der Waals surface area (Å²) in [7, 11) is 1.93. The molecule has 27 heavy (non-hydrogen) atoms. The molecule has 0 radical (unpaired) electrons. The molecule has 1 aliphatic heterocycles. The van der Waals surface area contributed by atoms with Gasteiger partial charge in [-0.05, 0) is 32.4 Å². The van der Waals surface area contributed by atoms with Gasteiger partial charge in [0, 0.05) is 29.6 Å². The Morgan fingerprint density at radius 1 is 1.30 bits per heavy atom. The highest BCUT2D eigenvalue weighted by atomic mass is 16.2. The van der Waals surface area contributed by atoms with Crippen LogP contribution in [0.25, 0.3) is 11.4 Å². The molecule has 3 aromatic rings. The molecule has 0 spiro atoms. The third-order valence-electron chi connectivity index (χ3n) is 4.95. The minimum absolute atomic E-state index is 0.0509. The zero-order chi connectivity index (χ0) is 19.0. The number of anilines is 1. The minimum Gasteiger partial charge on any atom is -0.325 e. The molecule has 2 atom stereocenters. The number of nitrogens with one attached hydrogen (secondary N) is 4. The second-order valence-corrected chi connectivity index (χ2v) is 6.74. The maximum absolute atomic E-state index is 12.7. The van der Waals surface area contributed by atoms with Crippen molar-refractivity contribution in [2.75, 3.05) is 5.32 Å². The van der Waals surface area contributed by atoms with Crippen molar-refractivity contribution in [1.82, 2.24) is 35.8 Å². The first-order chi connectivity index (χ1) is 13.0. The van der Waals surface area contributed by atoms with Crippen LogP contribution in [0.15, 0.2) is 30.6 Å². The van der Waals surface area contributed by atoms with Crippen LogP contribution in [0.5, 0.6) is 0 Å². The van der Waals surface area contributed by atoms with E-state index in [9.17, 15) is 4.79 Å². The van der Waals surface area contributed by atoms with Gasteiger partial charge < -0.3 is 5.32 Å². The average molecular weight is 366 g/mol. The Kier molecular flexibility index (Phi) is 4.46. The van der Waals surface area contributed by atoms with Crippen LogP contribution in [0, 0.1) is 13.8 Å². The molecule has 4 rings (SSSR count). The lowest BCUT2D eigenvalue weighted by Gasteiger charge is -2.11. The summed E-state index contributed by atoms with van der Waals surface area (Å²) >= 11 is 0. The second kappa shape index (κ2) is 6.93. The highest BCUT2D eigenvalue weighted by Gasteiger charge is 2.33. The van der Waals surface area contributed by atoms with E-state index in [-0.39, 0.29) is 18.0 Å². The molecule has 0 bridgehead atoms. The van der Waals surface area contributed by atoms with Gasteiger partial charge in [-0.25, -0.2) is 15.8 Å². The third kappa shape index (κ3) is 3.34. The summed E-state index contributed by atoms with van der Waals surface area (Å²) < 4.78 is 1.87. The van der Waals surface area contributed by atoms with E-state index in [2.05, 4.69) is 36.4 Å². The van der Waals surface area contributed by atoms with Crippen molar-refractivity contribution in [3.8, 4) is 11.4 Å². The first kappa shape index (κ1) is 17.4. The second-order valence-electron chi connectivity index (χ2n) is 6.74. The molecular formula is C18H22N8O. The summed E-state index contributed by atoms with van der Waals surface area (Å²) in [6.45, 7) is 4.03. The lowest BCUT2D eigenvalue weighted by Crippen LogP contribution is -2.39. The Morgan fingerprint density at radius 3 is 2.85 bits per heavy atom. The van der Waals surface area contributed by atoms with Gasteiger partial charge in [0.1, 0.15) is 12.4 Å². The first-order valence-electron chi connectivity index (χ1n) is 8.80. The van der Waals surface area contributed by atoms with Gasteiger partial charge in [-0.3, -0.25) is 14.6 Å². The van der Waals surface area contributed by atoms with E-state index >= 15 is 0 Å². The average Bonchev–Trinajstić information content (AvgIpc) is 3.38. The van der Waals surface area contributed by atoms with Crippen LogP contribution in [0.4, 0.5) is 5.69 Å². The zero-order valence-corrected chi connectivity index (χ0v) is 15.4. The number of H-pyrrole nitrogens is 1. The van der Waals surface area contributed by atoms with Crippen LogP contribution in [-0.2, 0) is 11.8 Å². The van der Waals surface area contributed by atoms with Crippen LogP contribution in [0.1, 0.15) is 29.4 Å². The van der Waals surface area contributed by atoms with Crippen LogP contribution in [-0.4, -0.2) is 36.9 Å². The number of nitrogens with zero attached hydrogens (tertiary/aromatic N) is 4. The number of aromatic nitrogens is 5. The predicted octanol–water partition coefficient (Wildman–Crippen LogP) is 1.37. The molecule has 0 aliphatic carbocycles. The van der Waals surface area contributed by atoms with Gasteiger partial charge in [-0.2, -0.15) is 10.2 Å². The zero-order valence-electron chi connectivity index (χ0n) is 15.4. The molecule has 3 heterocycles. The van der Waals surface area contributed by atoms with E-state index in [1.807, 2.05) is 49.8 Å². The highest BCUT2D eigenvalue weighted by molar-refractivity contribution is 5.95. The lowest BCUT2D eigenvalue weighted by atomic mass is 10.00. The van der Waals surface area contributed by atoms with E-state index in [4.69, 9.17) is 0 Å².